The summed E-state index contributed by atoms with van der Waals surface area (Å²) in [6, 6.07) is 13.9. The number of hydrogen-bond donors (Lipinski definition) is 1. The average Bonchev–Trinajstić information content (AvgIpc) is 3.19. The molecule has 0 bridgehead atoms. The third kappa shape index (κ3) is 3.93. The fraction of sp³-hybridized carbons (Fsp3) is 0.130. The van der Waals surface area contributed by atoms with E-state index in [0.29, 0.717) is 15.1 Å². The third-order valence-corrected chi connectivity index (χ3v) is 6.27. The maximum atomic E-state index is 13.3. The van der Waals surface area contributed by atoms with Gasteiger partial charge in [0.2, 0.25) is 0 Å². The standard InChI is InChI=1S/C23H19ClFN3OS/c1-13-11-16(15(3)28(13)18-9-7-17(25)8-10-18)12-21-22(29)27-23(30-21)26-20-6-4-5-19(24)14(20)2/h4-12H,1-3H3,(H,26,27,29)/b21-12-. The van der Waals surface area contributed by atoms with Gasteiger partial charge in [-0.1, -0.05) is 17.7 Å². The van der Waals surface area contributed by atoms with Gasteiger partial charge < -0.3 is 9.88 Å². The Morgan fingerprint density at radius 1 is 1.13 bits per heavy atom. The molecule has 152 valence electrons. The van der Waals surface area contributed by atoms with E-state index in [1.54, 1.807) is 12.1 Å². The summed E-state index contributed by atoms with van der Waals surface area (Å²) < 4.78 is 15.3. The molecular formula is C23H19ClFN3OS. The first-order valence-electron chi connectivity index (χ1n) is 9.33. The van der Waals surface area contributed by atoms with Crippen LogP contribution in [0.25, 0.3) is 11.8 Å². The van der Waals surface area contributed by atoms with Crippen molar-refractivity contribution in [2.45, 2.75) is 20.8 Å². The highest BCUT2D eigenvalue weighted by Crippen LogP contribution is 2.32. The molecule has 0 saturated carbocycles. The maximum absolute atomic E-state index is 13.3. The first-order valence-corrected chi connectivity index (χ1v) is 10.5. The van der Waals surface area contributed by atoms with Gasteiger partial charge in [0.25, 0.3) is 5.91 Å². The summed E-state index contributed by atoms with van der Waals surface area (Å²) in [5.74, 6) is -0.464. The molecule has 1 N–H and O–H groups in total. The number of nitrogens with zero attached hydrogens (tertiary/aromatic N) is 2. The van der Waals surface area contributed by atoms with Crippen LogP contribution in [0.15, 0.2) is 58.4 Å². The van der Waals surface area contributed by atoms with E-state index in [2.05, 4.69) is 10.3 Å². The Morgan fingerprint density at radius 2 is 1.87 bits per heavy atom. The number of halogens is 2. The molecule has 0 aliphatic carbocycles. The van der Waals surface area contributed by atoms with Gasteiger partial charge in [0.1, 0.15) is 5.82 Å². The van der Waals surface area contributed by atoms with E-state index in [1.165, 1.54) is 23.9 Å². The number of amides is 1. The molecule has 1 amide bonds. The molecule has 1 aliphatic heterocycles. The summed E-state index contributed by atoms with van der Waals surface area (Å²) in [6.45, 7) is 5.85. The Labute approximate surface area is 183 Å². The Morgan fingerprint density at radius 3 is 2.60 bits per heavy atom. The minimum atomic E-state index is -0.274. The van der Waals surface area contributed by atoms with Crippen LogP contribution in [0, 0.1) is 26.6 Å². The number of aliphatic imine (C=N–C) groups is 1. The smallest absolute Gasteiger partial charge is 0.264 e. The number of carbonyl (C=O) groups excluding carboxylic acids is 1. The summed E-state index contributed by atoms with van der Waals surface area (Å²) in [6.07, 6.45) is 1.86. The lowest BCUT2D eigenvalue weighted by Gasteiger charge is -2.09. The normalized spacial score (nSPS) is 16.5. The molecule has 2 heterocycles. The first kappa shape index (κ1) is 20.4. The molecule has 1 fully saturated rings. The number of hydrogen-bond acceptors (Lipinski definition) is 3. The molecule has 4 rings (SSSR count). The van der Waals surface area contributed by atoms with Gasteiger partial charge >= 0.3 is 0 Å². The monoisotopic (exact) mass is 439 g/mol. The lowest BCUT2D eigenvalue weighted by atomic mass is 10.2. The number of thioether (sulfide) groups is 1. The SMILES string of the molecule is Cc1c(Cl)cccc1N=C1NC(=O)/C(=C/c2cc(C)n(-c3ccc(F)cc3)c2C)S1. The summed E-state index contributed by atoms with van der Waals surface area (Å²) in [5.41, 5.74) is 5.35. The van der Waals surface area contributed by atoms with Crippen LogP contribution < -0.4 is 5.32 Å². The van der Waals surface area contributed by atoms with Crippen molar-refractivity contribution in [3.8, 4) is 5.69 Å². The molecule has 0 unspecified atom stereocenters. The van der Waals surface area contributed by atoms with Crippen LogP contribution in [0.5, 0.6) is 0 Å². The molecule has 4 nitrogen and oxygen atoms in total. The summed E-state index contributed by atoms with van der Waals surface area (Å²) >= 11 is 7.45. The summed E-state index contributed by atoms with van der Waals surface area (Å²) in [7, 11) is 0. The second-order valence-corrected chi connectivity index (χ2v) is 8.44. The van der Waals surface area contributed by atoms with E-state index >= 15 is 0 Å². The van der Waals surface area contributed by atoms with E-state index in [-0.39, 0.29) is 11.7 Å². The quantitative estimate of drug-likeness (QED) is 0.502. The Bertz CT molecular complexity index is 1210. The minimum Gasteiger partial charge on any atom is -0.318 e. The van der Waals surface area contributed by atoms with Crippen LogP contribution in [0.3, 0.4) is 0 Å². The van der Waals surface area contributed by atoms with Gasteiger partial charge in [-0.15, -0.1) is 0 Å². The van der Waals surface area contributed by atoms with Crippen molar-refractivity contribution < 1.29 is 9.18 Å². The number of aromatic nitrogens is 1. The number of carbonyl (C=O) groups is 1. The van der Waals surface area contributed by atoms with Gasteiger partial charge in [-0.05, 0) is 92.2 Å². The number of aryl methyl sites for hydroxylation is 1. The lowest BCUT2D eigenvalue weighted by Crippen LogP contribution is -2.19. The summed E-state index contributed by atoms with van der Waals surface area (Å²) in [4.78, 5) is 17.6. The van der Waals surface area contributed by atoms with Crippen molar-refractivity contribution >= 4 is 46.2 Å². The largest absolute Gasteiger partial charge is 0.318 e. The zero-order valence-electron chi connectivity index (χ0n) is 16.7. The average molecular weight is 440 g/mol. The number of nitrogens with one attached hydrogen (secondary N) is 1. The lowest BCUT2D eigenvalue weighted by molar-refractivity contribution is -0.115. The predicted octanol–water partition coefficient (Wildman–Crippen LogP) is 6.09. The molecule has 0 atom stereocenters. The van der Waals surface area contributed by atoms with Crippen molar-refractivity contribution in [1.29, 1.82) is 0 Å². The van der Waals surface area contributed by atoms with Crippen molar-refractivity contribution in [3.63, 3.8) is 0 Å². The van der Waals surface area contributed by atoms with Crippen LogP contribution >= 0.6 is 23.4 Å². The van der Waals surface area contributed by atoms with Crippen LogP contribution in [-0.4, -0.2) is 15.6 Å². The van der Waals surface area contributed by atoms with Gasteiger partial charge in [0.05, 0.1) is 10.6 Å². The van der Waals surface area contributed by atoms with Crippen molar-refractivity contribution in [2.75, 3.05) is 0 Å². The molecule has 30 heavy (non-hydrogen) atoms. The van der Waals surface area contributed by atoms with E-state index in [9.17, 15) is 9.18 Å². The molecule has 0 spiro atoms. The second-order valence-electron chi connectivity index (χ2n) is 7.00. The zero-order valence-corrected chi connectivity index (χ0v) is 18.2. The Hall–Kier alpha value is -2.83. The zero-order chi connectivity index (χ0) is 21.4. The van der Waals surface area contributed by atoms with Gasteiger partial charge in [-0.3, -0.25) is 4.79 Å². The number of benzene rings is 2. The van der Waals surface area contributed by atoms with Crippen LogP contribution in [0.1, 0.15) is 22.5 Å². The highest BCUT2D eigenvalue weighted by molar-refractivity contribution is 8.18. The van der Waals surface area contributed by atoms with Crippen molar-refractivity contribution in [3.05, 3.63) is 86.8 Å². The molecule has 1 saturated heterocycles. The fourth-order valence-corrected chi connectivity index (χ4v) is 4.36. The molecular weight excluding hydrogens is 421 g/mol. The highest BCUT2D eigenvalue weighted by Gasteiger charge is 2.25. The van der Waals surface area contributed by atoms with E-state index < -0.39 is 0 Å². The predicted molar refractivity (Wildman–Crippen MR) is 122 cm³/mol. The Kier molecular flexibility index (Phi) is 5.54. The van der Waals surface area contributed by atoms with E-state index in [0.717, 1.165) is 33.9 Å². The van der Waals surface area contributed by atoms with Crippen LogP contribution in [0.2, 0.25) is 5.02 Å². The van der Waals surface area contributed by atoms with Crippen molar-refractivity contribution in [2.24, 2.45) is 4.99 Å². The number of amidine groups is 1. The van der Waals surface area contributed by atoms with Crippen molar-refractivity contribution in [1.82, 2.24) is 9.88 Å². The molecule has 1 aromatic heterocycles. The summed E-state index contributed by atoms with van der Waals surface area (Å²) in [5, 5.41) is 3.96. The van der Waals surface area contributed by atoms with Gasteiger partial charge in [-0.25, -0.2) is 9.38 Å². The molecule has 7 heteroatoms. The molecule has 0 radical (unpaired) electrons. The maximum Gasteiger partial charge on any atom is 0.264 e. The van der Waals surface area contributed by atoms with Crippen LogP contribution in [-0.2, 0) is 4.79 Å². The minimum absolute atomic E-state index is 0.190. The molecule has 3 aromatic rings. The third-order valence-electron chi connectivity index (χ3n) is 4.95. The topological polar surface area (TPSA) is 46.4 Å². The Balaban J connectivity index is 1.65. The fourth-order valence-electron chi connectivity index (χ4n) is 3.37. The van der Waals surface area contributed by atoms with Crippen LogP contribution in [0.4, 0.5) is 10.1 Å². The van der Waals surface area contributed by atoms with Gasteiger partial charge in [0.15, 0.2) is 5.17 Å². The molecule has 2 aromatic carbocycles. The van der Waals surface area contributed by atoms with E-state index in [1.807, 2.05) is 55.7 Å². The first-order chi connectivity index (χ1) is 14.3. The van der Waals surface area contributed by atoms with E-state index in [4.69, 9.17) is 11.6 Å². The highest BCUT2D eigenvalue weighted by atomic mass is 35.5. The second kappa shape index (κ2) is 8.13. The molecule has 1 aliphatic rings. The van der Waals surface area contributed by atoms with Gasteiger partial charge in [-0.2, -0.15) is 0 Å². The number of rotatable bonds is 3. The van der Waals surface area contributed by atoms with Gasteiger partial charge in [0, 0.05) is 22.1 Å².